The number of likely N-dealkylation sites (tertiary alicyclic amines) is 1. The first kappa shape index (κ1) is 49.9. The van der Waals surface area contributed by atoms with Gasteiger partial charge >= 0.3 is 6.09 Å². The van der Waals surface area contributed by atoms with E-state index >= 15 is 0 Å². The van der Waals surface area contributed by atoms with E-state index in [0.717, 1.165) is 17.5 Å². The maximum absolute atomic E-state index is 14.3. The van der Waals surface area contributed by atoms with Gasteiger partial charge in [-0.1, -0.05) is 101 Å². The molecule has 14 nitrogen and oxygen atoms in total. The average molecular weight is 860 g/mol. The van der Waals surface area contributed by atoms with Crippen LogP contribution in [-0.2, 0) is 36.9 Å². The van der Waals surface area contributed by atoms with E-state index < -0.39 is 58.9 Å². The second-order valence-corrected chi connectivity index (χ2v) is 19.1. The lowest BCUT2D eigenvalue weighted by Crippen LogP contribution is -2.64. The van der Waals surface area contributed by atoms with Crippen LogP contribution in [0.5, 0.6) is 0 Å². The molecule has 7 N–H and O–H groups in total. The average Bonchev–Trinajstić information content (AvgIpc) is 3.71. The number of carbonyl (C=O) groups excluding carboxylic acids is 5. The zero-order valence-corrected chi connectivity index (χ0v) is 38.2. The summed E-state index contributed by atoms with van der Waals surface area (Å²) in [5.74, 6) is -2.03. The number of ether oxygens (including phenoxy) is 1. The molecule has 2 saturated heterocycles. The molecule has 5 atom stereocenters. The molecule has 2 aliphatic rings. The molecule has 4 rings (SSSR count). The minimum Gasteiger partial charge on any atom is -0.445 e. The number of hydroxylamine groups is 2. The Labute approximate surface area is 369 Å². The van der Waals surface area contributed by atoms with Crippen LogP contribution in [0.2, 0.25) is 0 Å². The standard InChI is InChI=1S/C48H73N7O7/c1-32(2)27-37(49)24-23-36(28-34-17-11-9-12-18-34)45(59)54-26-16-22-40(54)43(57)53-41(33(3)4)44(58)52-39(21-15-25-50-46(60)62-31-35-19-13-10-14-20-35)42(56)51-38-29-47(5,6)55(61)48(7,8)30-38/h9-14,17-20,23-24,32-33,36-41,61H,15-16,21-22,25-31,49H2,1-8H3,(H,50,60)(H,51,56)(H,52,58)(H,53,57)/b24-23+/t36-,37-,39+,40+,41-/m1/s1. The van der Waals surface area contributed by atoms with Crippen LogP contribution < -0.4 is 27.0 Å². The van der Waals surface area contributed by atoms with Gasteiger partial charge in [0.1, 0.15) is 24.7 Å². The Morgan fingerprint density at radius 1 is 0.871 bits per heavy atom. The molecular formula is C48H73N7O7. The summed E-state index contributed by atoms with van der Waals surface area (Å²) in [5, 5.41) is 23.9. The third-order valence-electron chi connectivity index (χ3n) is 11.8. The van der Waals surface area contributed by atoms with E-state index in [2.05, 4.69) is 35.1 Å². The Bertz CT molecular complexity index is 1780. The molecular weight excluding hydrogens is 787 g/mol. The highest BCUT2D eigenvalue weighted by atomic mass is 16.5. The summed E-state index contributed by atoms with van der Waals surface area (Å²) in [6.45, 7) is 16.2. The zero-order valence-electron chi connectivity index (χ0n) is 38.2. The van der Waals surface area contributed by atoms with Gasteiger partial charge in [0, 0.05) is 36.3 Å². The van der Waals surface area contributed by atoms with Crippen molar-refractivity contribution in [3.63, 3.8) is 0 Å². The van der Waals surface area contributed by atoms with Crippen molar-refractivity contribution in [2.75, 3.05) is 13.1 Å². The van der Waals surface area contributed by atoms with E-state index in [1.807, 2.05) is 114 Å². The van der Waals surface area contributed by atoms with Gasteiger partial charge in [0.15, 0.2) is 0 Å². The van der Waals surface area contributed by atoms with Crippen LogP contribution in [0, 0.1) is 17.8 Å². The van der Waals surface area contributed by atoms with Crippen LogP contribution >= 0.6 is 0 Å². The smallest absolute Gasteiger partial charge is 0.407 e. The maximum Gasteiger partial charge on any atom is 0.407 e. The number of rotatable bonds is 20. The normalized spacial score (nSPS) is 19.7. The van der Waals surface area contributed by atoms with Crippen LogP contribution in [0.1, 0.15) is 111 Å². The molecule has 342 valence electrons. The molecule has 5 amide bonds. The highest BCUT2D eigenvalue weighted by Crippen LogP contribution is 2.36. The van der Waals surface area contributed by atoms with Crippen LogP contribution in [0.4, 0.5) is 4.79 Å². The lowest BCUT2D eigenvalue weighted by atomic mass is 9.79. The summed E-state index contributed by atoms with van der Waals surface area (Å²) in [7, 11) is 0. The van der Waals surface area contributed by atoms with Gasteiger partial charge in [-0.3, -0.25) is 19.2 Å². The Kier molecular flexibility index (Phi) is 18.5. The van der Waals surface area contributed by atoms with Crippen LogP contribution in [0.3, 0.4) is 0 Å². The predicted octanol–water partition coefficient (Wildman–Crippen LogP) is 5.63. The number of nitrogens with two attached hydrogens (primary N) is 1. The van der Waals surface area contributed by atoms with Crippen molar-refractivity contribution in [3.05, 3.63) is 83.9 Å². The fourth-order valence-corrected chi connectivity index (χ4v) is 8.78. The van der Waals surface area contributed by atoms with Gasteiger partial charge in [-0.15, -0.1) is 0 Å². The van der Waals surface area contributed by atoms with Crippen molar-refractivity contribution in [1.29, 1.82) is 0 Å². The van der Waals surface area contributed by atoms with Crippen molar-refractivity contribution in [2.24, 2.45) is 23.5 Å². The Morgan fingerprint density at radius 2 is 1.48 bits per heavy atom. The molecule has 2 fully saturated rings. The third kappa shape index (κ3) is 14.9. The molecule has 2 aliphatic heterocycles. The lowest BCUT2D eigenvalue weighted by molar-refractivity contribution is -0.246. The van der Waals surface area contributed by atoms with Gasteiger partial charge in [-0.05, 0) is 102 Å². The molecule has 2 aromatic carbocycles. The van der Waals surface area contributed by atoms with E-state index in [4.69, 9.17) is 10.5 Å². The van der Waals surface area contributed by atoms with Crippen molar-refractivity contribution < 1.29 is 33.9 Å². The minimum absolute atomic E-state index is 0.112. The number of nitrogens with zero attached hydrogens (tertiary/aromatic N) is 2. The monoisotopic (exact) mass is 860 g/mol. The van der Waals surface area contributed by atoms with Crippen molar-refractivity contribution >= 4 is 29.7 Å². The summed E-state index contributed by atoms with van der Waals surface area (Å²) in [5.41, 5.74) is 6.99. The molecule has 0 unspecified atom stereocenters. The molecule has 2 aromatic rings. The first-order chi connectivity index (χ1) is 29.3. The van der Waals surface area contributed by atoms with E-state index in [1.54, 1.807) is 4.90 Å². The van der Waals surface area contributed by atoms with Gasteiger partial charge in [0.05, 0.1) is 5.92 Å². The van der Waals surface area contributed by atoms with E-state index in [0.29, 0.717) is 51.0 Å². The van der Waals surface area contributed by atoms with Crippen molar-refractivity contribution in [1.82, 2.24) is 31.2 Å². The van der Waals surface area contributed by atoms with Gasteiger partial charge < -0.3 is 41.8 Å². The molecule has 0 bridgehead atoms. The number of hydrogen-bond donors (Lipinski definition) is 6. The first-order valence-electron chi connectivity index (χ1n) is 22.4. The van der Waals surface area contributed by atoms with Gasteiger partial charge in [-0.2, -0.15) is 5.06 Å². The highest BCUT2D eigenvalue weighted by molar-refractivity contribution is 5.95. The number of benzene rings is 2. The maximum atomic E-state index is 14.3. The van der Waals surface area contributed by atoms with E-state index in [9.17, 15) is 29.2 Å². The Balaban J connectivity index is 1.46. The first-order valence-corrected chi connectivity index (χ1v) is 22.4. The number of carbonyl (C=O) groups is 5. The van der Waals surface area contributed by atoms with E-state index in [1.165, 1.54) is 5.06 Å². The minimum atomic E-state index is -1.01. The molecule has 0 aromatic heterocycles. The van der Waals surface area contributed by atoms with Gasteiger partial charge in [-0.25, -0.2) is 4.79 Å². The number of nitrogens with one attached hydrogen (secondary N) is 4. The summed E-state index contributed by atoms with van der Waals surface area (Å²) in [4.78, 5) is 70.7. The number of piperidine rings is 1. The predicted molar refractivity (Wildman–Crippen MR) is 240 cm³/mol. The number of alkyl carbamates (subject to hydrolysis) is 1. The van der Waals surface area contributed by atoms with Crippen LogP contribution in [0.15, 0.2) is 72.8 Å². The number of hydrogen-bond acceptors (Lipinski definition) is 9. The Hall–Kier alpha value is -4.79. The molecule has 2 heterocycles. The summed E-state index contributed by atoms with van der Waals surface area (Å²) in [6, 6.07) is 15.8. The summed E-state index contributed by atoms with van der Waals surface area (Å²) in [6.07, 6.45) is 6.96. The SMILES string of the molecule is CC(C)C[C@H](N)/C=C/[C@H](Cc1ccccc1)C(=O)N1CCC[C@H]1C(=O)N[C@@H](C(=O)N[C@@H](CCCNC(=O)OCc1ccccc1)C(=O)NC1CC(C)(C)N(O)C(C)(C)C1)C(C)C. The number of amides is 5. The van der Waals surface area contributed by atoms with Crippen LogP contribution in [-0.4, -0.2) is 99.3 Å². The quantitative estimate of drug-likeness (QED) is 0.0724. The third-order valence-corrected chi connectivity index (χ3v) is 11.8. The fraction of sp³-hybridized carbons (Fsp3) is 0.604. The second-order valence-electron chi connectivity index (χ2n) is 19.1. The molecule has 0 saturated carbocycles. The van der Waals surface area contributed by atoms with Crippen LogP contribution in [0.25, 0.3) is 0 Å². The molecule has 0 aliphatic carbocycles. The fourth-order valence-electron chi connectivity index (χ4n) is 8.78. The second kappa shape index (κ2) is 23.1. The molecule has 0 spiro atoms. The summed E-state index contributed by atoms with van der Waals surface area (Å²) < 4.78 is 5.33. The topological polar surface area (TPSA) is 195 Å². The van der Waals surface area contributed by atoms with Gasteiger partial charge in [0.2, 0.25) is 23.6 Å². The molecule has 0 radical (unpaired) electrons. The molecule has 14 heteroatoms. The lowest BCUT2D eigenvalue weighted by Gasteiger charge is -2.51. The largest absolute Gasteiger partial charge is 0.445 e. The van der Waals surface area contributed by atoms with E-state index in [-0.39, 0.29) is 43.5 Å². The zero-order chi connectivity index (χ0) is 45.6. The molecule has 62 heavy (non-hydrogen) atoms. The summed E-state index contributed by atoms with van der Waals surface area (Å²) >= 11 is 0. The van der Waals surface area contributed by atoms with Gasteiger partial charge in [0.25, 0.3) is 0 Å². The van der Waals surface area contributed by atoms with Crippen molar-refractivity contribution in [2.45, 2.75) is 155 Å². The van der Waals surface area contributed by atoms with Crippen molar-refractivity contribution in [3.8, 4) is 0 Å². The Morgan fingerprint density at radius 3 is 2.08 bits per heavy atom. The highest BCUT2D eigenvalue weighted by Gasteiger charge is 2.46.